The van der Waals surface area contributed by atoms with Crippen molar-refractivity contribution in [3.63, 3.8) is 0 Å². The fraction of sp³-hybridized carbons (Fsp3) is 0.579. The minimum Gasteiger partial charge on any atom is -0.381 e. The zero-order valence-electron chi connectivity index (χ0n) is 15.1. The molecule has 2 saturated heterocycles. The second-order valence-electron chi connectivity index (χ2n) is 7.57. The van der Waals surface area contributed by atoms with E-state index in [1.165, 1.54) is 10.6 Å². The van der Waals surface area contributed by atoms with Crippen molar-refractivity contribution in [3.05, 3.63) is 39.9 Å². The molecule has 0 amide bonds. The van der Waals surface area contributed by atoms with Gasteiger partial charge in [-0.25, -0.2) is 4.98 Å². The van der Waals surface area contributed by atoms with Gasteiger partial charge in [-0.2, -0.15) is 13.2 Å². The van der Waals surface area contributed by atoms with Gasteiger partial charge in [0.05, 0.1) is 29.7 Å². The van der Waals surface area contributed by atoms with Crippen LogP contribution in [0.1, 0.15) is 30.1 Å². The molecule has 1 aromatic heterocycles. The Kier molecular flexibility index (Phi) is 4.71. The predicted octanol–water partition coefficient (Wildman–Crippen LogP) is 2.78. The lowest BCUT2D eigenvalue weighted by Crippen LogP contribution is -2.44. The van der Waals surface area contributed by atoms with Crippen molar-refractivity contribution in [2.24, 2.45) is 13.0 Å². The first kappa shape index (κ1) is 18.4. The Balaban J connectivity index is 1.65. The fourth-order valence-corrected chi connectivity index (χ4v) is 4.02. The van der Waals surface area contributed by atoms with Gasteiger partial charge in [0.2, 0.25) is 0 Å². The third-order valence-corrected chi connectivity index (χ3v) is 5.53. The molecule has 2 fully saturated rings. The van der Waals surface area contributed by atoms with E-state index in [2.05, 4.69) is 9.88 Å². The number of ether oxygens (including phenoxy) is 1. The highest BCUT2D eigenvalue weighted by Gasteiger charge is 2.32. The van der Waals surface area contributed by atoms with Gasteiger partial charge in [0.1, 0.15) is 5.82 Å². The van der Waals surface area contributed by atoms with Crippen molar-refractivity contribution in [1.82, 2.24) is 14.5 Å². The summed E-state index contributed by atoms with van der Waals surface area (Å²) in [5.74, 6) is 1.32. The number of benzene rings is 1. The van der Waals surface area contributed by atoms with Crippen LogP contribution in [0.5, 0.6) is 0 Å². The number of hydrogen-bond acceptors (Lipinski definition) is 4. The number of likely N-dealkylation sites (tertiary alicyclic amines) is 1. The minimum atomic E-state index is -4.48. The number of nitrogens with zero attached hydrogens (tertiary/aromatic N) is 3. The molecule has 27 heavy (non-hydrogen) atoms. The molecule has 4 rings (SSSR count). The van der Waals surface area contributed by atoms with Crippen LogP contribution in [0, 0.1) is 5.92 Å². The predicted molar refractivity (Wildman–Crippen MR) is 94.7 cm³/mol. The van der Waals surface area contributed by atoms with E-state index in [-0.39, 0.29) is 11.3 Å². The average Bonchev–Trinajstić information content (AvgIpc) is 2.60. The molecular formula is C19H22F3N3O2. The second kappa shape index (κ2) is 6.91. The maximum absolute atomic E-state index is 13.0. The molecule has 0 radical (unpaired) electrons. The molecule has 1 aromatic carbocycles. The highest BCUT2D eigenvalue weighted by molar-refractivity contribution is 5.78. The van der Waals surface area contributed by atoms with E-state index in [9.17, 15) is 18.0 Å². The highest BCUT2D eigenvalue weighted by Crippen LogP contribution is 2.31. The van der Waals surface area contributed by atoms with Crippen LogP contribution >= 0.6 is 0 Å². The number of alkyl halides is 3. The van der Waals surface area contributed by atoms with Crippen molar-refractivity contribution >= 4 is 10.9 Å². The summed E-state index contributed by atoms with van der Waals surface area (Å²) < 4.78 is 45.5. The quantitative estimate of drug-likeness (QED) is 0.820. The summed E-state index contributed by atoms with van der Waals surface area (Å²) in [6, 6.07) is 3.19. The van der Waals surface area contributed by atoms with Gasteiger partial charge in [-0.15, -0.1) is 0 Å². The fourth-order valence-electron chi connectivity index (χ4n) is 4.02. The van der Waals surface area contributed by atoms with Gasteiger partial charge in [0.15, 0.2) is 0 Å². The first-order chi connectivity index (χ1) is 12.8. The Bertz CT molecular complexity index is 905. The highest BCUT2D eigenvalue weighted by atomic mass is 19.4. The molecule has 0 spiro atoms. The lowest BCUT2D eigenvalue weighted by Gasteiger charge is -2.37. The first-order valence-corrected chi connectivity index (χ1v) is 9.21. The molecule has 0 bridgehead atoms. The van der Waals surface area contributed by atoms with Crippen LogP contribution in [0.25, 0.3) is 10.9 Å². The Morgan fingerprint density at radius 1 is 1.30 bits per heavy atom. The summed E-state index contributed by atoms with van der Waals surface area (Å²) in [5.41, 5.74) is -0.926. The van der Waals surface area contributed by atoms with E-state index in [0.717, 1.165) is 57.8 Å². The van der Waals surface area contributed by atoms with Crippen LogP contribution in [0.3, 0.4) is 0 Å². The molecule has 5 nitrogen and oxygen atoms in total. The van der Waals surface area contributed by atoms with Crippen molar-refractivity contribution in [3.8, 4) is 0 Å². The average molecular weight is 381 g/mol. The van der Waals surface area contributed by atoms with Crippen LogP contribution in [-0.2, 0) is 18.0 Å². The number of fused-ring (bicyclic) bond motifs is 1. The number of aromatic nitrogens is 2. The number of hydrogen-bond donors (Lipinski definition) is 0. The van der Waals surface area contributed by atoms with Crippen molar-refractivity contribution in [2.45, 2.75) is 24.9 Å². The largest absolute Gasteiger partial charge is 0.416 e. The summed E-state index contributed by atoms with van der Waals surface area (Å²) in [6.07, 6.45) is -2.55. The lowest BCUT2D eigenvalue weighted by atomic mass is 9.95. The Labute approximate surface area is 154 Å². The van der Waals surface area contributed by atoms with Gasteiger partial charge < -0.3 is 9.64 Å². The topological polar surface area (TPSA) is 47.4 Å². The lowest BCUT2D eigenvalue weighted by molar-refractivity contribution is -0.137. The normalized spacial score (nSPS) is 22.1. The maximum Gasteiger partial charge on any atom is 0.416 e. The van der Waals surface area contributed by atoms with Gasteiger partial charge in [-0.05, 0) is 37.6 Å². The van der Waals surface area contributed by atoms with Gasteiger partial charge in [-0.1, -0.05) is 0 Å². The summed E-state index contributed by atoms with van der Waals surface area (Å²) in [5, 5.41) is 0.00959. The molecule has 0 unspecified atom stereocenters. The van der Waals surface area contributed by atoms with Gasteiger partial charge in [0.25, 0.3) is 5.56 Å². The second-order valence-corrected chi connectivity index (χ2v) is 7.57. The molecule has 8 heteroatoms. The minimum absolute atomic E-state index is 0.00959. The molecule has 1 atom stereocenters. The van der Waals surface area contributed by atoms with Crippen molar-refractivity contribution < 1.29 is 17.9 Å². The molecule has 146 valence electrons. The molecule has 0 aliphatic carbocycles. The SMILES string of the molecule is Cn1c([C@@H]2CCCN(CC3COC3)C2)nc2ccc(C(F)(F)F)cc2c1=O. The summed E-state index contributed by atoms with van der Waals surface area (Å²) in [6.45, 7) is 4.41. The number of piperidine rings is 1. The molecule has 2 aliphatic heterocycles. The van der Waals surface area contributed by atoms with Crippen LogP contribution in [0.2, 0.25) is 0 Å². The monoisotopic (exact) mass is 381 g/mol. The zero-order valence-corrected chi connectivity index (χ0v) is 15.1. The van der Waals surface area contributed by atoms with Crippen LogP contribution < -0.4 is 5.56 Å². The van der Waals surface area contributed by atoms with Crippen LogP contribution in [0.15, 0.2) is 23.0 Å². The zero-order chi connectivity index (χ0) is 19.2. The van der Waals surface area contributed by atoms with Crippen molar-refractivity contribution in [2.75, 3.05) is 32.8 Å². The van der Waals surface area contributed by atoms with E-state index in [4.69, 9.17) is 4.74 Å². The molecule has 0 N–H and O–H groups in total. The first-order valence-electron chi connectivity index (χ1n) is 9.21. The molecule has 2 aliphatic rings. The van der Waals surface area contributed by atoms with E-state index in [0.29, 0.717) is 17.3 Å². The Morgan fingerprint density at radius 2 is 2.07 bits per heavy atom. The number of rotatable bonds is 3. The Hall–Kier alpha value is -1.93. The molecular weight excluding hydrogens is 359 g/mol. The smallest absolute Gasteiger partial charge is 0.381 e. The third kappa shape index (κ3) is 3.60. The van der Waals surface area contributed by atoms with Gasteiger partial charge >= 0.3 is 6.18 Å². The van der Waals surface area contributed by atoms with Gasteiger partial charge in [0, 0.05) is 32.0 Å². The standard InChI is InChI=1S/C19H22F3N3O2/c1-24-17(13-3-2-6-25(9-13)8-12-10-27-11-12)23-16-5-4-14(19(20,21)22)7-15(16)18(24)26/h4-5,7,12-13H,2-3,6,8-11H2,1H3/t13-/m1/s1. The van der Waals surface area contributed by atoms with Crippen LogP contribution in [0.4, 0.5) is 13.2 Å². The van der Waals surface area contributed by atoms with Gasteiger partial charge in [-0.3, -0.25) is 9.36 Å². The van der Waals surface area contributed by atoms with E-state index >= 15 is 0 Å². The Morgan fingerprint density at radius 3 is 2.74 bits per heavy atom. The maximum atomic E-state index is 13.0. The van der Waals surface area contributed by atoms with Crippen molar-refractivity contribution in [1.29, 1.82) is 0 Å². The van der Waals surface area contributed by atoms with E-state index < -0.39 is 17.3 Å². The molecule has 3 heterocycles. The molecule has 2 aromatic rings. The molecule has 0 saturated carbocycles. The third-order valence-electron chi connectivity index (χ3n) is 5.53. The van der Waals surface area contributed by atoms with Crippen LogP contribution in [-0.4, -0.2) is 47.3 Å². The summed E-state index contributed by atoms with van der Waals surface area (Å²) in [7, 11) is 1.60. The van der Waals surface area contributed by atoms with E-state index in [1.54, 1.807) is 7.05 Å². The van der Waals surface area contributed by atoms with E-state index in [1.807, 2.05) is 0 Å². The number of halogens is 3. The summed E-state index contributed by atoms with van der Waals surface area (Å²) >= 11 is 0. The summed E-state index contributed by atoms with van der Waals surface area (Å²) in [4.78, 5) is 19.7.